The van der Waals surface area contributed by atoms with Gasteiger partial charge in [-0.25, -0.2) is 0 Å². The first-order valence-electron chi connectivity index (χ1n) is 12.5. The van der Waals surface area contributed by atoms with Crippen molar-refractivity contribution < 1.29 is 29.0 Å². The Balaban J connectivity index is 1.58. The number of hydrogen-bond acceptors (Lipinski definition) is 6. The van der Waals surface area contributed by atoms with Crippen molar-refractivity contribution in [3.8, 4) is 0 Å². The average Bonchev–Trinajstić information content (AvgIpc) is 3.46. The van der Waals surface area contributed by atoms with E-state index < -0.39 is 29.7 Å². The number of ether oxygens (including phenoxy) is 2. The maximum atomic E-state index is 13.8. The van der Waals surface area contributed by atoms with Gasteiger partial charge in [0.2, 0.25) is 5.60 Å². The fraction of sp³-hybridized carbons (Fsp3) is 0.536. The first-order chi connectivity index (χ1) is 16.7. The second kappa shape index (κ2) is 8.71. The Bertz CT molecular complexity index is 1100. The van der Waals surface area contributed by atoms with E-state index in [-0.39, 0.29) is 53.6 Å². The zero-order valence-corrected chi connectivity index (χ0v) is 20.4. The number of amides is 1. The van der Waals surface area contributed by atoms with Gasteiger partial charge in [0.1, 0.15) is 0 Å². The summed E-state index contributed by atoms with van der Waals surface area (Å²) >= 11 is 0. The van der Waals surface area contributed by atoms with Crippen LogP contribution in [0.15, 0.2) is 54.1 Å². The van der Waals surface area contributed by atoms with Crippen molar-refractivity contribution in [2.75, 3.05) is 6.61 Å². The van der Waals surface area contributed by atoms with E-state index in [1.54, 1.807) is 6.92 Å². The maximum absolute atomic E-state index is 13.8. The summed E-state index contributed by atoms with van der Waals surface area (Å²) in [6, 6.07) is 9.76. The predicted molar refractivity (Wildman–Crippen MR) is 128 cm³/mol. The van der Waals surface area contributed by atoms with Crippen molar-refractivity contribution in [2.45, 2.75) is 63.4 Å². The third kappa shape index (κ3) is 3.76. The van der Waals surface area contributed by atoms with Crippen LogP contribution in [0.5, 0.6) is 0 Å². The Kier molecular flexibility index (Phi) is 5.96. The summed E-state index contributed by atoms with van der Waals surface area (Å²) in [5.41, 5.74) is -0.520. The Morgan fingerprint density at radius 3 is 2.60 bits per heavy atom. The van der Waals surface area contributed by atoms with Crippen molar-refractivity contribution in [3.63, 3.8) is 0 Å². The highest BCUT2D eigenvalue weighted by atomic mass is 16.6. The number of epoxide rings is 1. The van der Waals surface area contributed by atoms with Crippen LogP contribution in [-0.2, 0) is 30.3 Å². The number of hydrogen-bond donors (Lipinski definition) is 2. The van der Waals surface area contributed by atoms with Crippen LogP contribution in [0.25, 0.3) is 0 Å². The molecule has 1 amide bonds. The molecule has 1 aliphatic carbocycles. The molecule has 3 aliphatic heterocycles. The number of esters is 1. The van der Waals surface area contributed by atoms with Crippen LogP contribution in [0, 0.1) is 23.7 Å². The summed E-state index contributed by atoms with van der Waals surface area (Å²) < 4.78 is 12.4. The first-order valence-corrected chi connectivity index (χ1v) is 12.5. The lowest BCUT2D eigenvalue weighted by Crippen LogP contribution is -2.61. The number of aliphatic hydroxyl groups excluding tert-OH is 1. The molecule has 1 aromatic carbocycles. The third-order valence-electron chi connectivity index (χ3n) is 8.62. The van der Waals surface area contributed by atoms with E-state index in [0.717, 1.165) is 5.56 Å². The first kappa shape index (κ1) is 23.9. The van der Waals surface area contributed by atoms with Crippen LogP contribution >= 0.6 is 0 Å². The summed E-state index contributed by atoms with van der Waals surface area (Å²) in [6.07, 6.45) is 5.88. The molecule has 0 aromatic heterocycles. The molecule has 7 nitrogen and oxygen atoms in total. The molecule has 4 aliphatic rings. The summed E-state index contributed by atoms with van der Waals surface area (Å²) in [4.78, 5) is 39.6. The van der Waals surface area contributed by atoms with Gasteiger partial charge in [-0.3, -0.25) is 14.4 Å². The number of carbonyl (C=O) groups excluding carboxylic acids is 3. The molecule has 0 radical (unpaired) electrons. The van der Waals surface area contributed by atoms with Crippen LogP contribution in [0.1, 0.15) is 39.2 Å². The maximum Gasteiger partial charge on any atom is 0.310 e. The van der Waals surface area contributed by atoms with Gasteiger partial charge in [-0.2, -0.15) is 0 Å². The Hall–Kier alpha value is -2.77. The molecule has 35 heavy (non-hydrogen) atoms. The molecule has 1 spiro atoms. The molecule has 2 N–H and O–H groups in total. The number of allylic oxidation sites excluding steroid dienone is 1. The van der Waals surface area contributed by atoms with E-state index in [9.17, 15) is 19.5 Å². The molecule has 3 fully saturated rings. The molecule has 5 rings (SSSR count). The van der Waals surface area contributed by atoms with Crippen LogP contribution in [0.2, 0.25) is 0 Å². The highest BCUT2D eigenvalue weighted by Gasteiger charge is 2.78. The van der Waals surface area contributed by atoms with E-state index in [1.807, 2.05) is 42.5 Å². The average molecular weight is 480 g/mol. The summed E-state index contributed by atoms with van der Waals surface area (Å²) in [6.45, 7) is 5.51. The molecule has 7 heteroatoms. The SMILES string of the molecule is CC1CC=CC2C3OC3(C)C(C)C3C(Cc4ccccc4)NC(=O)C23OC(=O)CC=C(CO)C1=O. The largest absolute Gasteiger partial charge is 0.448 e. The number of Topliss-reactive ketones (excluding diaryl/α,β-unsaturated/α-hetero) is 1. The molecule has 8 atom stereocenters. The normalized spacial score (nSPS) is 40.8. The highest BCUT2D eigenvalue weighted by Crippen LogP contribution is 2.63. The third-order valence-corrected chi connectivity index (χ3v) is 8.62. The lowest BCUT2D eigenvalue weighted by Gasteiger charge is -2.46. The second-order valence-electron chi connectivity index (χ2n) is 10.6. The van der Waals surface area contributed by atoms with E-state index in [1.165, 1.54) is 6.08 Å². The number of aliphatic hydroxyl groups is 1. The Morgan fingerprint density at radius 2 is 1.89 bits per heavy atom. The van der Waals surface area contributed by atoms with Crippen LogP contribution < -0.4 is 5.32 Å². The number of benzene rings is 1. The summed E-state index contributed by atoms with van der Waals surface area (Å²) in [5, 5.41) is 12.9. The second-order valence-corrected chi connectivity index (χ2v) is 10.6. The minimum atomic E-state index is -1.40. The van der Waals surface area contributed by atoms with Crippen molar-refractivity contribution in [1.29, 1.82) is 0 Å². The summed E-state index contributed by atoms with van der Waals surface area (Å²) in [7, 11) is 0. The Morgan fingerprint density at radius 1 is 1.14 bits per heavy atom. The van der Waals surface area contributed by atoms with Crippen LogP contribution in [0.3, 0.4) is 0 Å². The highest BCUT2D eigenvalue weighted by molar-refractivity contribution is 5.98. The monoisotopic (exact) mass is 479 g/mol. The topological polar surface area (TPSA) is 105 Å². The lowest BCUT2D eigenvalue weighted by atomic mass is 9.59. The van der Waals surface area contributed by atoms with Gasteiger partial charge in [-0.1, -0.05) is 62.4 Å². The van der Waals surface area contributed by atoms with Gasteiger partial charge in [0, 0.05) is 23.5 Å². The van der Waals surface area contributed by atoms with Crippen molar-refractivity contribution in [3.05, 3.63) is 59.7 Å². The van der Waals surface area contributed by atoms with Gasteiger partial charge >= 0.3 is 5.97 Å². The van der Waals surface area contributed by atoms with Crippen molar-refractivity contribution >= 4 is 17.7 Å². The van der Waals surface area contributed by atoms with Crippen molar-refractivity contribution in [2.24, 2.45) is 23.7 Å². The molecule has 186 valence electrons. The van der Waals surface area contributed by atoms with Gasteiger partial charge in [-0.05, 0) is 31.2 Å². The molecular weight excluding hydrogens is 446 g/mol. The van der Waals surface area contributed by atoms with Gasteiger partial charge in [0.15, 0.2) is 5.78 Å². The zero-order valence-electron chi connectivity index (χ0n) is 20.4. The standard InChI is InChI=1S/C28H33NO6/c1-16-8-7-11-20-25-27(3,35-25)17(2)23-21(14-18-9-5-4-6-10-18)29-26(33)28(20,23)34-22(31)13-12-19(15-30)24(16)32/h4-7,9-12,16-17,20-21,23,25,30H,8,13-15H2,1-3H3,(H,29,33). The van der Waals surface area contributed by atoms with Gasteiger partial charge in [0.25, 0.3) is 5.91 Å². The quantitative estimate of drug-likeness (QED) is 0.392. The molecule has 3 heterocycles. The van der Waals surface area contributed by atoms with Crippen LogP contribution in [0.4, 0.5) is 0 Å². The number of ketones is 1. The van der Waals surface area contributed by atoms with Gasteiger partial charge < -0.3 is 19.9 Å². The number of nitrogens with one attached hydrogen (secondary N) is 1. The smallest absolute Gasteiger partial charge is 0.310 e. The van der Waals surface area contributed by atoms with Crippen molar-refractivity contribution in [1.82, 2.24) is 5.32 Å². The zero-order chi connectivity index (χ0) is 25.0. The van der Waals surface area contributed by atoms with E-state index in [4.69, 9.17) is 9.47 Å². The number of carbonyl (C=O) groups is 3. The minimum Gasteiger partial charge on any atom is -0.448 e. The van der Waals surface area contributed by atoms with E-state index in [2.05, 4.69) is 19.2 Å². The molecule has 8 unspecified atom stereocenters. The molecule has 1 saturated carbocycles. The minimum absolute atomic E-state index is 0.0328. The Labute approximate surface area is 205 Å². The fourth-order valence-corrected chi connectivity index (χ4v) is 6.54. The van der Waals surface area contributed by atoms with Crippen LogP contribution in [-0.4, -0.2) is 52.7 Å². The number of rotatable bonds is 3. The molecule has 1 aromatic rings. The van der Waals surface area contributed by atoms with E-state index in [0.29, 0.717) is 12.8 Å². The van der Waals surface area contributed by atoms with Gasteiger partial charge in [0.05, 0.1) is 30.7 Å². The molecular formula is C28H33NO6. The fourth-order valence-electron chi connectivity index (χ4n) is 6.54. The number of fused-ring (bicyclic) bond motifs is 2. The van der Waals surface area contributed by atoms with Gasteiger partial charge in [-0.15, -0.1) is 0 Å². The predicted octanol–water partition coefficient (Wildman–Crippen LogP) is 2.52. The summed E-state index contributed by atoms with van der Waals surface area (Å²) in [5.74, 6) is -2.21. The molecule has 0 bridgehead atoms. The molecule has 2 saturated heterocycles. The lowest BCUT2D eigenvalue weighted by molar-refractivity contribution is -0.181. The van der Waals surface area contributed by atoms with E-state index >= 15 is 0 Å².